The van der Waals surface area contributed by atoms with Gasteiger partial charge in [0.05, 0.1) is 11.8 Å². The predicted octanol–water partition coefficient (Wildman–Crippen LogP) is 1.01. The van der Waals surface area contributed by atoms with Gasteiger partial charge in [-0.2, -0.15) is 0 Å². The molecule has 1 atom stereocenters. The van der Waals surface area contributed by atoms with Crippen molar-refractivity contribution in [2.75, 3.05) is 13.1 Å². The lowest BCUT2D eigenvalue weighted by Crippen LogP contribution is -2.49. The van der Waals surface area contributed by atoms with Crippen LogP contribution in [0.4, 0.5) is 0 Å². The summed E-state index contributed by atoms with van der Waals surface area (Å²) in [5.41, 5.74) is 0.256. The summed E-state index contributed by atoms with van der Waals surface area (Å²) in [6.45, 7) is 1.09. The maximum absolute atomic E-state index is 12.3. The highest BCUT2D eigenvalue weighted by Crippen LogP contribution is 2.14. The molecular weight excluding hydrogens is 310 g/mol. The molecule has 2 aromatic rings. The van der Waals surface area contributed by atoms with Gasteiger partial charge in [0.25, 0.3) is 11.8 Å². The van der Waals surface area contributed by atoms with Crippen LogP contribution in [0.25, 0.3) is 0 Å². The molecule has 0 spiro atoms. The van der Waals surface area contributed by atoms with Crippen LogP contribution in [0, 0.1) is 0 Å². The summed E-state index contributed by atoms with van der Waals surface area (Å²) < 4.78 is 6.51. The second-order valence-corrected chi connectivity index (χ2v) is 5.91. The molecule has 0 aromatic carbocycles. The Morgan fingerprint density at radius 3 is 2.83 bits per heavy atom. The van der Waals surface area contributed by atoms with E-state index in [0.29, 0.717) is 24.4 Å². The topological polar surface area (TPSA) is 84.6 Å². The quantitative estimate of drug-likeness (QED) is 0.911. The molecule has 0 aliphatic carbocycles. The average molecular weight is 329 g/mol. The van der Waals surface area contributed by atoms with Crippen molar-refractivity contribution in [2.45, 2.75) is 18.9 Å². The number of aromatic nitrogens is 1. The molecule has 2 amide bonds. The molecule has 3 heterocycles. The fourth-order valence-electron chi connectivity index (χ4n) is 2.83. The second kappa shape index (κ2) is 6.74. The molecule has 0 radical (unpaired) electrons. The third-order valence-corrected chi connectivity index (χ3v) is 4.12. The largest absolute Gasteiger partial charge is 0.459 e. The van der Waals surface area contributed by atoms with Crippen LogP contribution >= 0.6 is 0 Å². The number of carbonyl (C=O) groups is 2. The predicted molar refractivity (Wildman–Crippen MR) is 86.8 cm³/mol. The van der Waals surface area contributed by atoms with Crippen LogP contribution in [0.3, 0.4) is 0 Å². The van der Waals surface area contributed by atoms with Crippen LogP contribution in [-0.4, -0.2) is 40.4 Å². The highest BCUT2D eigenvalue weighted by atomic mass is 16.3. The van der Waals surface area contributed by atoms with Gasteiger partial charge < -0.3 is 19.2 Å². The molecule has 0 saturated carbocycles. The van der Waals surface area contributed by atoms with Gasteiger partial charge in [0.15, 0.2) is 5.76 Å². The zero-order valence-corrected chi connectivity index (χ0v) is 13.4. The van der Waals surface area contributed by atoms with Crippen LogP contribution in [0.5, 0.6) is 0 Å². The number of furan rings is 1. The van der Waals surface area contributed by atoms with Gasteiger partial charge in [0.1, 0.15) is 0 Å². The Labute approximate surface area is 138 Å². The summed E-state index contributed by atoms with van der Waals surface area (Å²) >= 11 is 0. The minimum absolute atomic E-state index is 0.123. The van der Waals surface area contributed by atoms with Gasteiger partial charge in [0.2, 0.25) is 5.56 Å². The standard InChI is InChI=1S/C17H19N3O4/c1-19-10-12(6-7-15(19)21)16(22)18-13-4-2-8-20(11-13)17(23)14-5-3-9-24-14/h3,5-7,9-10,13H,2,4,8,11H2,1H3,(H,18,22)/t13-/m0/s1. The van der Waals surface area contributed by atoms with Crippen molar-refractivity contribution >= 4 is 11.8 Å². The van der Waals surface area contributed by atoms with E-state index >= 15 is 0 Å². The van der Waals surface area contributed by atoms with Crippen molar-refractivity contribution in [3.63, 3.8) is 0 Å². The average Bonchev–Trinajstić information content (AvgIpc) is 3.11. The number of rotatable bonds is 3. The molecular formula is C17H19N3O4. The van der Waals surface area contributed by atoms with E-state index in [1.54, 1.807) is 24.1 Å². The summed E-state index contributed by atoms with van der Waals surface area (Å²) in [5, 5.41) is 2.93. The smallest absolute Gasteiger partial charge is 0.289 e. The van der Waals surface area contributed by atoms with Crippen LogP contribution in [-0.2, 0) is 7.05 Å². The van der Waals surface area contributed by atoms with E-state index in [1.807, 2.05) is 0 Å². The Bertz CT molecular complexity index is 794. The number of aryl methyl sites for hydroxylation is 1. The normalized spacial score (nSPS) is 17.5. The van der Waals surface area contributed by atoms with Gasteiger partial charge >= 0.3 is 0 Å². The summed E-state index contributed by atoms with van der Waals surface area (Å²) in [7, 11) is 1.60. The van der Waals surface area contributed by atoms with Crippen molar-refractivity contribution in [3.05, 3.63) is 58.4 Å². The molecule has 1 aliphatic heterocycles. The van der Waals surface area contributed by atoms with E-state index in [2.05, 4.69) is 5.32 Å². The molecule has 1 N–H and O–H groups in total. The Balaban J connectivity index is 1.64. The third kappa shape index (κ3) is 3.40. The molecule has 24 heavy (non-hydrogen) atoms. The highest BCUT2D eigenvalue weighted by Gasteiger charge is 2.27. The SMILES string of the molecule is Cn1cc(C(=O)N[C@H]2CCCN(C(=O)c3ccco3)C2)ccc1=O. The van der Waals surface area contributed by atoms with Gasteiger partial charge in [-0.05, 0) is 31.0 Å². The van der Waals surface area contributed by atoms with Crippen LogP contribution in [0.1, 0.15) is 33.8 Å². The first-order chi connectivity index (χ1) is 11.5. The Morgan fingerprint density at radius 2 is 2.12 bits per heavy atom. The molecule has 3 rings (SSSR count). The minimum Gasteiger partial charge on any atom is -0.459 e. The van der Waals surface area contributed by atoms with Crippen molar-refractivity contribution in [3.8, 4) is 0 Å². The Hall–Kier alpha value is -2.83. The number of nitrogens with one attached hydrogen (secondary N) is 1. The lowest BCUT2D eigenvalue weighted by molar-refractivity contribution is 0.0647. The van der Waals surface area contributed by atoms with E-state index < -0.39 is 0 Å². The molecule has 1 aliphatic rings. The molecule has 1 fully saturated rings. The number of piperidine rings is 1. The van der Waals surface area contributed by atoms with Gasteiger partial charge in [-0.3, -0.25) is 14.4 Å². The summed E-state index contributed by atoms with van der Waals surface area (Å²) in [6.07, 6.45) is 4.59. The maximum Gasteiger partial charge on any atom is 0.289 e. The summed E-state index contributed by atoms with van der Waals surface area (Å²) in [6, 6.07) is 6.06. The number of pyridine rings is 1. The van der Waals surface area contributed by atoms with Crippen molar-refractivity contribution in [1.82, 2.24) is 14.8 Å². The first kappa shape index (κ1) is 16.0. The molecule has 126 valence electrons. The van der Waals surface area contributed by atoms with Crippen LogP contribution in [0.15, 0.2) is 45.9 Å². The molecule has 0 bridgehead atoms. The first-order valence-electron chi connectivity index (χ1n) is 7.85. The second-order valence-electron chi connectivity index (χ2n) is 5.91. The fourth-order valence-corrected chi connectivity index (χ4v) is 2.83. The van der Waals surface area contributed by atoms with Crippen LogP contribution in [0.2, 0.25) is 0 Å². The summed E-state index contributed by atoms with van der Waals surface area (Å²) in [5.74, 6) is -0.107. The third-order valence-electron chi connectivity index (χ3n) is 4.12. The molecule has 7 nitrogen and oxygen atoms in total. The fraction of sp³-hybridized carbons (Fsp3) is 0.353. The van der Waals surface area contributed by atoms with E-state index in [4.69, 9.17) is 4.42 Å². The van der Waals surface area contributed by atoms with Crippen LogP contribution < -0.4 is 10.9 Å². The number of hydrogen-bond donors (Lipinski definition) is 1. The number of hydrogen-bond acceptors (Lipinski definition) is 4. The van der Waals surface area contributed by atoms with E-state index in [0.717, 1.165) is 12.8 Å². The number of carbonyl (C=O) groups excluding carboxylic acids is 2. The van der Waals surface area contributed by atoms with Crippen molar-refractivity contribution in [1.29, 1.82) is 0 Å². The lowest BCUT2D eigenvalue weighted by atomic mass is 10.0. The number of amides is 2. The minimum atomic E-state index is -0.247. The van der Waals surface area contributed by atoms with Crippen molar-refractivity contribution < 1.29 is 14.0 Å². The highest BCUT2D eigenvalue weighted by molar-refractivity contribution is 5.94. The number of likely N-dealkylation sites (tertiary alicyclic amines) is 1. The zero-order valence-electron chi connectivity index (χ0n) is 13.4. The first-order valence-corrected chi connectivity index (χ1v) is 7.85. The van der Waals surface area contributed by atoms with E-state index in [9.17, 15) is 14.4 Å². The van der Waals surface area contributed by atoms with Crippen molar-refractivity contribution in [2.24, 2.45) is 7.05 Å². The number of nitrogens with zero attached hydrogens (tertiary/aromatic N) is 2. The van der Waals surface area contributed by atoms with E-state index in [1.165, 1.54) is 29.2 Å². The van der Waals surface area contributed by atoms with Gasteiger partial charge in [0, 0.05) is 38.4 Å². The molecule has 1 saturated heterocycles. The molecule has 0 unspecified atom stereocenters. The molecule has 2 aromatic heterocycles. The Kier molecular flexibility index (Phi) is 4.50. The monoisotopic (exact) mass is 329 g/mol. The summed E-state index contributed by atoms with van der Waals surface area (Å²) in [4.78, 5) is 37.7. The van der Waals surface area contributed by atoms with Gasteiger partial charge in [-0.15, -0.1) is 0 Å². The molecule has 7 heteroatoms. The lowest BCUT2D eigenvalue weighted by Gasteiger charge is -2.32. The van der Waals surface area contributed by atoms with E-state index in [-0.39, 0.29) is 23.4 Å². The zero-order chi connectivity index (χ0) is 17.1. The Morgan fingerprint density at radius 1 is 1.29 bits per heavy atom. The van der Waals surface area contributed by atoms with Gasteiger partial charge in [-0.25, -0.2) is 0 Å². The maximum atomic E-state index is 12.3. The van der Waals surface area contributed by atoms with Gasteiger partial charge in [-0.1, -0.05) is 0 Å².